The van der Waals surface area contributed by atoms with E-state index in [1.54, 1.807) is 7.11 Å². The van der Waals surface area contributed by atoms with Crippen LogP contribution in [-0.2, 0) is 11.2 Å². The van der Waals surface area contributed by atoms with Crippen LogP contribution in [0.2, 0.25) is 0 Å². The van der Waals surface area contributed by atoms with E-state index in [4.69, 9.17) is 10.5 Å². The predicted molar refractivity (Wildman–Crippen MR) is 108 cm³/mol. The quantitative estimate of drug-likeness (QED) is 0.880. The van der Waals surface area contributed by atoms with Gasteiger partial charge in [-0.05, 0) is 80.4 Å². The lowest BCUT2D eigenvalue weighted by atomic mass is 9.65. The van der Waals surface area contributed by atoms with E-state index in [1.807, 2.05) is 12.1 Å². The zero-order valence-corrected chi connectivity index (χ0v) is 16.6. The monoisotopic (exact) mass is 370 g/mol. The van der Waals surface area contributed by atoms with Gasteiger partial charge in [-0.3, -0.25) is 4.79 Å². The molecule has 2 aliphatic carbocycles. The molecular weight excluding hydrogens is 336 g/mol. The summed E-state index contributed by atoms with van der Waals surface area (Å²) < 4.78 is 5.24. The zero-order chi connectivity index (χ0) is 18.8. The fourth-order valence-corrected chi connectivity index (χ4v) is 5.70. The van der Waals surface area contributed by atoms with E-state index in [-0.39, 0.29) is 5.92 Å². The molecule has 0 spiro atoms. The average Bonchev–Trinajstić information content (AvgIpc) is 2.68. The van der Waals surface area contributed by atoms with Gasteiger partial charge in [0.1, 0.15) is 5.75 Å². The molecule has 1 aromatic carbocycles. The van der Waals surface area contributed by atoms with Crippen LogP contribution >= 0.6 is 0 Å². The summed E-state index contributed by atoms with van der Waals surface area (Å²) in [6, 6.07) is 8.76. The van der Waals surface area contributed by atoms with Crippen LogP contribution in [0.5, 0.6) is 5.75 Å². The molecule has 27 heavy (non-hydrogen) atoms. The number of nitrogens with zero attached hydrogens (tertiary/aromatic N) is 1. The van der Waals surface area contributed by atoms with Crippen LogP contribution in [0.1, 0.15) is 50.5 Å². The number of hydrogen-bond acceptors (Lipinski definition) is 3. The third-order valence-electron chi connectivity index (χ3n) is 7.37. The van der Waals surface area contributed by atoms with Gasteiger partial charge in [-0.25, -0.2) is 0 Å². The Morgan fingerprint density at radius 2 is 1.70 bits per heavy atom. The predicted octanol–water partition coefficient (Wildman–Crippen LogP) is 3.63. The summed E-state index contributed by atoms with van der Waals surface area (Å²) in [7, 11) is 1.70. The van der Waals surface area contributed by atoms with Crippen molar-refractivity contribution in [2.24, 2.45) is 29.4 Å². The van der Waals surface area contributed by atoms with Gasteiger partial charge in [-0.2, -0.15) is 0 Å². The number of nitrogens with two attached hydrogens (primary N) is 1. The van der Waals surface area contributed by atoms with Crippen LogP contribution in [0, 0.1) is 23.7 Å². The fraction of sp³-hybridized carbons (Fsp3) is 0.696. The number of piperidine rings is 1. The van der Waals surface area contributed by atoms with E-state index in [0.717, 1.165) is 50.9 Å². The van der Waals surface area contributed by atoms with E-state index >= 15 is 0 Å². The standard InChI is InChI=1S/C23H34N2O2/c1-27-21-7-5-16(6-8-21)13-17-9-11-25(12-10-17)23(26)20-14-18-3-2-4-19(15-20)22(18)24/h5-8,17-20,22H,2-4,9-15,24H2,1H3. The van der Waals surface area contributed by atoms with Crippen molar-refractivity contribution in [2.45, 2.75) is 57.4 Å². The van der Waals surface area contributed by atoms with E-state index < -0.39 is 0 Å². The highest BCUT2D eigenvalue weighted by atomic mass is 16.5. The van der Waals surface area contributed by atoms with Crippen molar-refractivity contribution in [3.8, 4) is 5.75 Å². The second-order valence-electron chi connectivity index (χ2n) is 9.02. The van der Waals surface area contributed by atoms with Crippen molar-refractivity contribution in [1.29, 1.82) is 0 Å². The van der Waals surface area contributed by atoms with Crippen LogP contribution in [-0.4, -0.2) is 37.0 Å². The van der Waals surface area contributed by atoms with Gasteiger partial charge in [-0.1, -0.05) is 18.6 Å². The molecule has 2 N–H and O–H groups in total. The largest absolute Gasteiger partial charge is 0.497 e. The molecule has 2 atom stereocenters. The minimum atomic E-state index is 0.234. The van der Waals surface area contributed by atoms with Gasteiger partial charge in [0.25, 0.3) is 0 Å². The molecule has 4 nitrogen and oxygen atoms in total. The van der Waals surface area contributed by atoms with Crippen LogP contribution in [0.25, 0.3) is 0 Å². The third kappa shape index (κ3) is 4.16. The van der Waals surface area contributed by atoms with Gasteiger partial charge >= 0.3 is 0 Å². The molecule has 4 rings (SSSR count). The zero-order valence-electron chi connectivity index (χ0n) is 16.6. The first-order chi connectivity index (χ1) is 13.1. The van der Waals surface area contributed by atoms with Crippen LogP contribution in [0.4, 0.5) is 0 Å². The number of rotatable bonds is 4. The van der Waals surface area contributed by atoms with Crippen molar-refractivity contribution in [2.75, 3.05) is 20.2 Å². The molecule has 1 aliphatic heterocycles. The molecule has 2 unspecified atom stereocenters. The molecule has 3 aliphatic rings. The minimum Gasteiger partial charge on any atom is -0.497 e. The number of carbonyl (C=O) groups is 1. The Kier molecular flexibility index (Phi) is 5.72. The highest BCUT2D eigenvalue weighted by molar-refractivity contribution is 5.79. The first kappa shape index (κ1) is 18.8. The summed E-state index contributed by atoms with van der Waals surface area (Å²) in [5.41, 5.74) is 7.77. The Hall–Kier alpha value is -1.55. The Labute approximate surface area is 163 Å². The number of benzene rings is 1. The Bertz CT molecular complexity index is 622. The van der Waals surface area contributed by atoms with Crippen molar-refractivity contribution < 1.29 is 9.53 Å². The van der Waals surface area contributed by atoms with E-state index in [9.17, 15) is 4.79 Å². The van der Waals surface area contributed by atoms with Crippen molar-refractivity contribution >= 4 is 5.91 Å². The molecule has 1 heterocycles. The number of carbonyl (C=O) groups excluding carboxylic acids is 1. The summed E-state index contributed by atoms with van der Waals surface area (Å²) in [4.78, 5) is 15.3. The smallest absolute Gasteiger partial charge is 0.225 e. The van der Waals surface area contributed by atoms with Crippen molar-refractivity contribution in [3.05, 3.63) is 29.8 Å². The lowest BCUT2D eigenvalue weighted by Crippen LogP contribution is -2.50. The van der Waals surface area contributed by atoms with Crippen LogP contribution < -0.4 is 10.5 Å². The molecule has 0 radical (unpaired) electrons. The number of methoxy groups -OCH3 is 1. The maximum atomic E-state index is 13.1. The number of hydrogen-bond donors (Lipinski definition) is 1. The van der Waals surface area contributed by atoms with Gasteiger partial charge in [-0.15, -0.1) is 0 Å². The molecule has 1 aromatic rings. The number of ether oxygens (including phenoxy) is 1. The highest BCUT2D eigenvalue weighted by Crippen LogP contribution is 2.42. The van der Waals surface area contributed by atoms with Crippen LogP contribution in [0.3, 0.4) is 0 Å². The molecule has 148 valence electrons. The van der Waals surface area contributed by atoms with E-state index in [0.29, 0.717) is 29.7 Å². The lowest BCUT2D eigenvalue weighted by Gasteiger charge is -2.45. The molecule has 2 saturated carbocycles. The lowest BCUT2D eigenvalue weighted by molar-refractivity contribution is -0.140. The molecule has 3 fully saturated rings. The molecule has 2 bridgehead atoms. The summed E-state index contributed by atoms with van der Waals surface area (Å²) in [6.07, 6.45) is 9.17. The van der Waals surface area contributed by atoms with Gasteiger partial charge in [0.2, 0.25) is 5.91 Å². The summed E-state index contributed by atoms with van der Waals surface area (Å²) in [5.74, 6) is 3.41. The Morgan fingerprint density at radius 1 is 1.07 bits per heavy atom. The fourth-order valence-electron chi connectivity index (χ4n) is 5.70. The first-order valence-electron chi connectivity index (χ1n) is 10.8. The maximum Gasteiger partial charge on any atom is 0.225 e. The van der Waals surface area contributed by atoms with Crippen molar-refractivity contribution in [3.63, 3.8) is 0 Å². The molecular formula is C23H34N2O2. The Balaban J connectivity index is 1.28. The third-order valence-corrected chi connectivity index (χ3v) is 7.37. The second-order valence-corrected chi connectivity index (χ2v) is 9.02. The second kappa shape index (κ2) is 8.22. The number of fused-ring (bicyclic) bond motifs is 2. The summed E-state index contributed by atoms with van der Waals surface area (Å²) in [5, 5.41) is 0. The molecule has 4 heteroatoms. The molecule has 1 amide bonds. The highest BCUT2D eigenvalue weighted by Gasteiger charge is 2.41. The van der Waals surface area contributed by atoms with E-state index in [1.165, 1.54) is 24.8 Å². The first-order valence-corrected chi connectivity index (χ1v) is 10.8. The SMILES string of the molecule is COc1ccc(CC2CCN(C(=O)C3CC4CCCC(C3)C4N)CC2)cc1. The number of likely N-dealkylation sites (tertiary alicyclic amines) is 1. The maximum absolute atomic E-state index is 13.1. The summed E-state index contributed by atoms with van der Waals surface area (Å²) >= 11 is 0. The summed E-state index contributed by atoms with van der Waals surface area (Å²) in [6.45, 7) is 1.86. The van der Waals surface area contributed by atoms with Gasteiger partial charge < -0.3 is 15.4 Å². The number of amides is 1. The van der Waals surface area contributed by atoms with Gasteiger partial charge in [0.15, 0.2) is 0 Å². The normalized spacial score (nSPS) is 31.6. The van der Waals surface area contributed by atoms with Crippen molar-refractivity contribution in [1.82, 2.24) is 4.90 Å². The Morgan fingerprint density at radius 3 is 2.30 bits per heavy atom. The molecule has 1 saturated heterocycles. The van der Waals surface area contributed by atoms with Crippen LogP contribution in [0.15, 0.2) is 24.3 Å². The molecule has 0 aromatic heterocycles. The minimum absolute atomic E-state index is 0.234. The van der Waals surface area contributed by atoms with Gasteiger partial charge in [0, 0.05) is 25.0 Å². The van der Waals surface area contributed by atoms with Gasteiger partial charge in [0.05, 0.1) is 7.11 Å². The topological polar surface area (TPSA) is 55.6 Å². The van der Waals surface area contributed by atoms with E-state index in [2.05, 4.69) is 17.0 Å². The average molecular weight is 371 g/mol.